The Morgan fingerprint density at radius 3 is 1.72 bits per heavy atom. The lowest BCUT2D eigenvalue weighted by molar-refractivity contribution is 0.0674. The molecule has 1 atom stereocenters. The fourth-order valence-electron chi connectivity index (χ4n) is 3.14. The molecule has 3 rings (SSSR count). The normalized spacial score (nSPS) is 11.9. The molecule has 0 bridgehead atoms. The van der Waals surface area contributed by atoms with Crippen LogP contribution in [0.3, 0.4) is 0 Å². The lowest BCUT2D eigenvalue weighted by Crippen LogP contribution is -2.38. The molecule has 0 heterocycles. The molecule has 0 fully saturated rings. The van der Waals surface area contributed by atoms with Gasteiger partial charge in [0.25, 0.3) is 0 Å². The Bertz CT molecular complexity index is 1400. The number of rotatable bonds is 7. The number of aliphatic hydroxyl groups is 1. The van der Waals surface area contributed by atoms with Crippen LogP contribution in [0.15, 0.2) is 42.5 Å². The Hall–Kier alpha value is -3.61. The summed E-state index contributed by atoms with van der Waals surface area (Å²) < 4.78 is 92.4. The Morgan fingerprint density at radius 1 is 0.795 bits per heavy atom. The average molecular weight is 578 g/mol. The highest BCUT2D eigenvalue weighted by molar-refractivity contribution is 5.93. The topological polar surface area (TPSA) is 84.9 Å². The number of benzene rings is 3. The molecule has 0 spiro atoms. The first-order chi connectivity index (χ1) is 17.7. The van der Waals surface area contributed by atoms with Crippen molar-refractivity contribution in [3.63, 3.8) is 0 Å². The predicted octanol–water partition coefficient (Wildman–Crippen LogP) is 5.80. The number of aliphatic hydroxyl groups excluding tert-OH is 1. The van der Waals surface area contributed by atoms with E-state index in [0.29, 0.717) is 12.1 Å². The summed E-state index contributed by atoms with van der Waals surface area (Å²) in [4.78, 5) is 25.0. The maximum absolute atomic E-state index is 14.1. The SMILES string of the molecule is CC(C)(C)NCC(O)c1ccc(OC(=O)c2cc(F)cc(F)c2F)c(OC(=O)c2cc(F)cc(F)c2F)c1.Cl. The third-order valence-corrected chi connectivity index (χ3v) is 5.01. The second-order valence-corrected chi connectivity index (χ2v) is 9.13. The van der Waals surface area contributed by atoms with Crippen LogP contribution in [-0.4, -0.2) is 29.1 Å². The second kappa shape index (κ2) is 12.5. The zero-order valence-electron chi connectivity index (χ0n) is 20.6. The molecule has 0 radical (unpaired) electrons. The van der Waals surface area contributed by atoms with Crippen molar-refractivity contribution >= 4 is 24.3 Å². The smallest absolute Gasteiger partial charge is 0.346 e. The van der Waals surface area contributed by atoms with Crippen LogP contribution in [0.5, 0.6) is 11.5 Å². The van der Waals surface area contributed by atoms with Gasteiger partial charge in [-0.2, -0.15) is 0 Å². The summed E-state index contributed by atoms with van der Waals surface area (Å²) in [5.41, 5.74) is -2.57. The molecule has 0 saturated heterocycles. The quantitative estimate of drug-likeness (QED) is 0.160. The third kappa shape index (κ3) is 7.94. The summed E-state index contributed by atoms with van der Waals surface area (Å²) in [5, 5.41) is 13.5. The Balaban J connectivity index is 0.00000533. The van der Waals surface area contributed by atoms with Crippen LogP contribution in [-0.2, 0) is 0 Å². The van der Waals surface area contributed by atoms with E-state index in [1.54, 1.807) is 0 Å². The van der Waals surface area contributed by atoms with Gasteiger partial charge < -0.3 is 19.9 Å². The summed E-state index contributed by atoms with van der Waals surface area (Å²) in [5.74, 6) is -13.8. The number of hydrogen-bond acceptors (Lipinski definition) is 6. The summed E-state index contributed by atoms with van der Waals surface area (Å²) in [6.45, 7) is 5.50. The van der Waals surface area contributed by atoms with E-state index in [1.807, 2.05) is 20.8 Å². The molecule has 210 valence electrons. The number of carbonyl (C=O) groups is 2. The monoisotopic (exact) mass is 577 g/mol. The highest BCUT2D eigenvalue weighted by atomic mass is 35.5. The molecule has 1 unspecified atom stereocenters. The Kier molecular flexibility index (Phi) is 10.1. The average Bonchev–Trinajstić information content (AvgIpc) is 2.82. The van der Waals surface area contributed by atoms with Gasteiger partial charge in [0.2, 0.25) is 0 Å². The molecular weight excluding hydrogens is 556 g/mol. The molecule has 3 aromatic rings. The Labute approximate surface area is 225 Å². The van der Waals surface area contributed by atoms with Gasteiger partial charge in [0.05, 0.1) is 6.10 Å². The number of halogens is 7. The van der Waals surface area contributed by atoms with E-state index in [4.69, 9.17) is 9.47 Å². The van der Waals surface area contributed by atoms with Gasteiger partial charge in [0.1, 0.15) is 22.8 Å². The van der Waals surface area contributed by atoms with E-state index in [9.17, 15) is 41.0 Å². The molecule has 39 heavy (non-hydrogen) atoms. The zero-order valence-corrected chi connectivity index (χ0v) is 21.4. The number of hydrogen-bond donors (Lipinski definition) is 2. The van der Waals surface area contributed by atoms with Gasteiger partial charge >= 0.3 is 11.9 Å². The summed E-state index contributed by atoms with van der Waals surface area (Å²) in [6.07, 6.45) is -1.21. The largest absolute Gasteiger partial charge is 0.419 e. The zero-order chi connectivity index (χ0) is 28.4. The van der Waals surface area contributed by atoms with Gasteiger partial charge in [-0.25, -0.2) is 35.9 Å². The van der Waals surface area contributed by atoms with Crippen molar-refractivity contribution in [1.29, 1.82) is 0 Å². The molecule has 3 aromatic carbocycles. The first-order valence-corrected chi connectivity index (χ1v) is 11.0. The van der Waals surface area contributed by atoms with Gasteiger partial charge in [0, 0.05) is 24.2 Å². The molecule has 0 amide bonds. The van der Waals surface area contributed by atoms with E-state index in [0.717, 1.165) is 12.1 Å². The molecule has 13 heteroatoms. The minimum absolute atomic E-state index is 0. The maximum Gasteiger partial charge on any atom is 0.346 e. The van der Waals surface area contributed by atoms with Crippen molar-refractivity contribution in [3.8, 4) is 11.5 Å². The van der Waals surface area contributed by atoms with Gasteiger partial charge in [-0.3, -0.25) is 0 Å². The van der Waals surface area contributed by atoms with Gasteiger partial charge in [-0.15, -0.1) is 12.4 Å². The Morgan fingerprint density at radius 2 is 1.26 bits per heavy atom. The number of esters is 2. The molecular formula is C26H22ClF6NO5. The fraction of sp³-hybridized carbons (Fsp3) is 0.231. The van der Waals surface area contributed by atoms with E-state index in [1.165, 1.54) is 6.07 Å². The van der Waals surface area contributed by atoms with Gasteiger partial charge in [0.15, 0.2) is 34.8 Å². The molecule has 0 saturated carbocycles. The predicted molar refractivity (Wildman–Crippen MR) is 129 cm³/mol. The highest BCUT2D eigenvalue weighted by Crippen LogP contribution is 2.33. The first kappa shape index (κ1) is 31.6. The van der Waals surface area contributed by atoms with Gasteiger partial charge in [-0.1, -0.05) is 6.07 Å². The van der Waals surface area contributed by atoms with E-state index in [2.05, 4.69) is 5.32 Å². The van der Waals surface area contributed by atoms with E-state index in [-0.39, 0.29) is 36.6 Å². The van der Waals surface area contributed by atoms with E-state index >= 15 is 0 Å². The third-order valence-electron chi connectivity index (χ3n) is 5.01. The number of ether oxygens (including phenoxy) is 2. The first-order valence-electron chi connectivity index (χ1n) is 11.0. The van der Waals surface area contributed by atoms with Crippen molar-refractivity contribution in [1.82, 2.24) is 5.32 Å². The second-order valence-electron chi connectivity index (χ2n) is 9.13. The van der Waals surface area contributed by atoms with Crippen molar-refractivity contribution < 1.29 is 50.5 Å². The summed E-state index contributed by atoms with van der Waals surface area (Å²) in [6, 6.07) is 4.38. The maximum atomic E-state index is 14.1. The molecule has 0 aliphatic carbocycles. The van der Waals surface area contributed by atoms with Crippen LogP contribution >= 0.6 is 12.4 Å². The van der Waals surface area contributed by atoms with Crippen LogP contribution in [0.25, 0.3) is 0 Å². The lowest BCUT2D eigenvalue weighted by atomic mass is 10.1. The number of carbonyl (C=O) groups excluding carboxylic acids is 2. The van der Waals surface area contributed by atoms with Crippen molar-refractivity contribution in [2.45, 2.75) is 32.4 Å². The standard InChI is InChI=1S/C26H21F6NO5.ClH/c1-26(2,3)33-11-19(34)12-4-5-20(37-24(35)15-7-13(27)9-17(29)22(15)31)21(6-12)38-25(36)16-8-14(28)10-18(30)23(16)32;/h4-10,19,33-34H,11H2,1-3H3;1H. The minimum Gasteiger partial charge on any atom is -0.419 e. The molecule has 0 aliphatic rings. The molecule has 0 aromatic heterocycles. The molecule has 2 N–H and O–H groups in total. The minimum atomic E-state index is -1.72. The number of β-amino-alcohol motifs (C(OH)–C–C–N with tert-alkyl or cyclic N) is 1. The number of nitrogens with one attached hydrogen (secondary N) is 1. The van der Waals surface area contributed by atoms with E-state index < -0.39 is 81.1 Å². The fourth-order valence-corrected chi connectivity index (χ4v) is 3.14. The van der Waals surface area contributed by atoms with Crippen LogP contribution in [0.4, 0.5) is 26.3 Å². The van der Waals surface area contributed by atoms with Gasteiger partial charge in [-0.05, 0) is 50.6 Å². The van der Waals surface area contributed by atoms with Crippen molar-refractivity contribution in [2.24, 2.45) is 0 Å². The van der Waals surface area contributed by atoms with Crippen LogP contribution in [0, 0.1) is 34.9 Å². The summed E-state index contributed by atoms with van der Waals surface area (Å²) >= 11 is 0. The summed E-state index contributed by atoms with van der Waals surface area (Å²) in [7, 11) is 0. The van der Waals surface area contributed by atoms with Crippen LogP contribution < -0.4 is 14.8 Å². The molecule has 0 aliphatic heterocycles. The van der Waals surface area contributed by atoms with Crippen LogP contribution in [0.2, 0.25) is 0 Å². The van der Waals surface area contributed by atoms with Crippen molar-refractivity contribution in [3.05, 3.63) is 94.1 Å². The highest BCUT2D eigenvalue weighted by Gasteiger charge is 2.25. The lowest BCUT2D eigenvalue weighted by Gasteiger charge is -2.23. The van der Waals surface area contributed by atoms with Crippen LogP contribution in [0.1, 0.15) is 53.2 Å². The molecule has 6 nitrogen and oxygen atoms in total. The van der Waals surface area contributed by atoms with Crippen molar-refractivity contribution in [2.75, 3.05) is 6.54 Å².